The first-order valence-electron chi connectivity index (χ1n) is 7.43. The van der Waals surface area contributed by atoms with Gasteiger partial charge in [0, 0.05) is 6.54 Å². The third-order valence-corrected chi connectivity index (χ3v) is 3.44. The summed E-state index contributed by atoms with van der Waals surface area (Å²) < 4.78 is 5.20. The number of carbonyl (C=O) groups excluding carboxylic acids is 2. The minimum Gasteiger partial charge on any atom is -0.423 e. The zero-order chi connectivity index (χ0) is 15.2. The van der Waals surface area contributed by atoms with Gasteiger partial charge in [-0.15, -0.1) is 0 Å². The van der Waals surface area contributed by atoms with E-state index in [9.17, 15) is 9.59 Å². The van der Waals surface area contributed by atoms with Gasteiger partial charge in [0.25, 0.3) is 0 Å². The van der Waals surface area contributed by atoms with Gasteiger partial charge in [-0.2, -0.15) is 0 Å². The molecular weight excluding hydrogens is 268 g/mol. The maximum absolute atomic E-state index is 12.0. The molecule has 0 radical (unpaired) electrons. The van der Waals surface area contributed by atoms with E-state index >= 15 is 0 Å². The molecule has 1 N–H and O–H groups in total. The normalized spacial score (nSPS) is 13.6. The fourth-order valence-corrected chi connectivity index (χ4v) is 2.33. The Labute approximate surface area is 125 Å². The first-order valence-corrected chi connectivity index (χ1v) is 7.43. The lowest BCUT2D eigenvalue weighted by Crippen LogP contribution is -2.43. The second-order valence-electron chi connectivity index (χ2n) is 5.36. The van der Waals surface area contributed by atoms with Gasteiger partial charge < -0.3 is 15.0 Å². The number of aryl methyl sites for hydroxylation is 1. The largest absolute Gasteiger partial charge is 0.423 e. The number of unbranched alkanes of at least 4 members (excludes halogenated alkanes) is 2. The van der Waals surface area contributed by atoms with E-state index in [1.165, 1.54) is 0 Å². The Morgan fingerprint density at radius 3 is 2.95 bits per heavy atom. The molecule has 1 aromatic carbocycles. The van der Waals surface area contributed by atoms with Crippen LogP contribution in [0.5, 0.6) is 5.75 Å². The molecule has 2 rings (SSSR count). The molecule has 0 saturated heterocycles. The molecule has 1 aliphatic rings. The summed E-state index contributed by atoms with van der Waals surface area (Å²) in [5.41, 5.74) is 1.87. The van der Waals surface area contributed by atoms with Gasteiger partial charge in [-0.25, -0.2) is 4.79 Å². The van der Waals surface area contributed by atoms with Crippen LogP contribution in [0.15, 0.2) is 18.2 Å². The number of nitrogens with one attached hydrogen (secondary N) is 1. The van der Waals surface area contributed by atoms with Crippen LogP contribution in [0.4, 0.5) is 5.69 Å². The molecule has 114 valence electrons. The number of ether oxygens (including phenoxy) is 1. The fourth-order valence-electron chi connectivity index (χ4n) is 2.33. The van der Waals surface area contributed by atoms with Crippen LogP contribution >= 0.6 is 0 Å². The summed E-state index contributed by atoms with van der Waals surface area (Å²) in [5.74, 6) is 0.133. The lowest BCUT2D eigenvalue weighted by atomic mass is 10.1. The summed E-state index contributed by atoms with van der Waals surface area (Å²) in [7, 11) is 0. The highest BCUT2D eigenvalue weighted by Crippen LogP contribution is 2.32. The second-order valence-corrected chi connectivity index (χ2v) is 5.36. The predicted octanol–water partition coefficient (Wildman–Crippen LogP) is 2.03. The SMILES string of the molecule is CCCCCNC(=O)CN1CC(=O)Oc2ccc(C)cc21. The van der Waals surface area contributed by atoms with Crippen molar-refractivity contribution in [3.8, 4) is 5.75 Å². The van der Waals surface area contributed by atoms with Gasteiger partial charge in [0.15, 0.2) is 5.75 Å². The van der Waals surface area contributed by atoms with E-state index in [2.05, 4.69) is 12.2 Å². The molecule has 0 atom stereocenters. The maximum Gasteiger partial charge on any atom is 0.331 e. The number of benzene rings is 1. The standard InChI is InChI=1S/C16H22N2O3/c1-3-4-5-8-17-15(19)10-18-11-16(20)21-14-7-6-12(2)9-13(14)18/h6-7,9H,3-5,8,10-11H2,1-2H3,(H,17,19). The van der Waals surface area contributed by atoms with Gasteiger partial charge in [-0.1, -0.05) is 25.8 Å². The van der Waals surface area contributed by atoms with Crippen LogP contribution in [0.3, 0.4) is 0 Å². The van der Waals surface area contributed by atoms with Crippen LogP contribution in [0, 0.1) is 6.92 Å². The molecule has 0 fully saturated rings. The summed E-state index contributed by atoms with van der Waals surface area (Å²) >= 11 is 0. The summed E-state index contributed by atoms with van der Waals surface area (Å²) in [6.45, 7) is 5.07. The van der Waals surface area contributed by atoms with Crippen molar-refractivity contribution in [1.82, 2.24) is 5.32 Å². The summed E-state index contributed by atoms with van der Waals surface area (Å²) in [6, 6.07) is 5.60. The number of hydrogen-bond donors (Lipinski definition) is 1. The van der Waals surface area contributed by atoms with Crippen molar-refractivity contribution < 1.29 is 14.3 Å². The topological polar surface area (TPSA) is 58.6 Å². The Bertz CT molecular complexity index is 528. The van der Waals surface area contributed by atoms with E-state index in [0.717, 1.165) is 30.5 Å². The Morgan fingerprint density at radius 2 is 2.19 bits per heavy atom. The summed E-state index contributed by atoms with van der Waals surface area (Å²) in [5, 5.41) is 2.89. The van der Waals surface area contributed by atoms with Crippen molar-refractivity contribution in [2.45, 2.75) is 33.1 Å². The Morgan fingerprint density at radius 1 is 1.38 bits per heavy atom. The smallest absolute Gasteiger partial charge is 0.331 e. The lowest BCUT2D eigenvalue weighted by molar-refractivity contribution is -0.133. The number of rotatable bonds is 6. The van der Waals surface area contributed by atoms with Crippen LogP contribution in [0.1, 0.15) is 31.7 Å². The van der Waals surface area contributed by atoms with E-state index in [-0.39, 0.29) is 25.0 Å². The van der Waals surface area contributed by atoms with Crippen LogP contribution in [0.2, 0.25) is 0 Å². The highest BCUT2D eigenvalue weighted by molar-refractivity contribution is 5.89. The number of anilines is 1. The van der Waals surface area contributed by atoms with Gasteiger partial charge in [-0.05, 0) is 31.0 Å². The highest BCUT2D eigenvalue weighted by atomic mass is 16.5. The summed E-state index contributed by atoms with van der Waals surface area (Å²) in [4.78, 5) is 25.3. The number of hydrogen-bond acceptors (Lipinski definition) is 4. The monoisotopic (exact) mass is 290 g/mol. The molecule has 0 unspecified atom stereocenters. The number of amides is 1. The van der Waals surface area contributed by atoms with Gasteiger partial charge in [0.1, 0.15) is 6.54 Å². The number of carbonyl (C=O) groups is 2. The maximum atomic E-state index is 12.0. The van der Waals surface area contributed by atoms with E-state index in [1.807, 2.05) is 19.1 Å². The molecule has 0 spiro atoms. The number of esters is 1. The first-order chi connectivity index (χ1) is 10.1. The average molecular weight is 290 g/mol. The zero-order valence-corrected chi connectivity index (χ0v) is 12.6. The minimum absolute atomic E-state index is 0.0618. The molecule has 1 amide bonds. The molecule has 1 aromatic rings. The molecule has 0 bridgehead atoms. The van der Waals surface area contributed by atoms with E-state index in [1.54, 1.807) is 11.0 Å². The van der Waals surface area contributed by atoms with Crippen molar-refractivity contribution in [3.05, 3.63) is 23.8 Å². The van der Waals surface area contributed by atoms with Gasteiger partial charge >= 0.3 is 5.97 Å². The molecule has 5 heteroatoms. The number of fused-ring (bicyclic) bond motifs is 1. The Balaban J connectivity index is 1.98. The molecule has 21 heavy (non-hydrogen) atoms. The zero-order valence-electron chi connectivity index (χ0n) is 12.6. The van der Waals surface area contributed by atoms with Gasteiger partial charge in [0.05, 0.1) is 12.2 Å². The molecule has 1 heterocycles. The van der Waals surface area contributed by atoms with Crippen molar-refractivity contribution in [2.24, 2.45) is 0 Å². The van der Waals surface area contributed by atoms with E-state index in [0.29, 0.717) is 12.3 Å². The first kappa shape index (κ1) is 15.4. The summed E-state index contributed by atoms with van der Waals surface area (Å²) in [6.07, 6.45) is 3.22. The van der Waals surface area contributed by atoms with Crippen molar-refractivity contribution in [2.75, 3.05) is 24.5 Å². The molecule has 0 saturated carbocycles. The highest BCUT2D eigenvalue weighted by Gasteiger charge is 2.25. The van der Waals surface area contributed by atoms with E-state index in [4.69, 9.17) is 4.74 Å². The molecule has 0 aliphatic carbocycles. The number of nitrogens with zero attached hydrogens (tertiary/aromatic N) is 1. The molecular formula is C16H22N2O3. The average Bonchev–Trinajstić information content (AvgIpc) is 2.44. The van der Waals surface area contributed by atoms with Crippen LogP contribution in [-0.2, 0) is 9.59 Å². The predicted molar refractivity (Wildman–Crippen MR) is 81.6 cm³/mol. The third kappa shape index (κ3) is 4.21. The quantitative estimate of drug-likeness (QED) is 0.495. The lowest BCUT2D eigenvalue weighted by Gasteiger charge is -2.29. The molecule has 0 aromatic heterocycles. The molecule has 1 aliphatic heterocycles. The van der Waals surface area contributed by atoms with Gasteiger partial charge in [0.2, 0.25) is 5.91 Å². The van der Waals surface area contributed by atoms with E-state index < -0.39 is 0 Å². The Hall–Kier alpha value is -2.04. The second kappa shape index (κ2) is 7.11. The molecule has 5 nitrogen and oxygen atoms in total. The third-order valence-electron chi connectivity index (χ3n) is 3.44. The van der Waals surface area contributed by atoms with Crippen LogP contribution < -0.4 is 15.0 Å². The van der Waals surface area contributed by atoms with Crippen molar-refractivity contribution in [1.29, 1.82) is 0 Å². The van der Waals surface area contributed by atoms with Crippen molar-refractivity contribution >= 4 is 17.6 Å². The Kier molecular flexibility index (Phi) is 5.20. The fraction of sp³-hybridized carbons (Fsp3) is 0.500. The minimum atomic E-state index is -0.329. The van der Waals surface area contributed by atoms with Crippen molar-refractivity contribution in [3.63, 3.8) is 0 Å². The van der Waals surface area contributed by atoms with Crippen LogP contribution in [0.25, 0.3) is 0 Å². The van der Waals surface area contributed by atoms with Crippen LogP contribution in [-0.4, -0.2) is 31.5 Å². The van der Waals surface area contributed by atoms with Gasteiger partial charge in [-0.3, -0.25) is 4.79 Å².